The summed E-state index contributed by atoms with van der Waals surface area (Å²) < 4.78 is 36.4. The van der Waals surface area contributed by atoms with E-state index in [9.17, 15) is 9.59 Å². The molecule has 10 atom stereocenters. The lowest BCUT2D eigenvalue weighted by molar-refractivity contribution is -0.266. The highest BCUT2D eigenvalue weighted by Crippen LogP contribution is 2.70. The Hall–Kier alpha value is -1.22. The van der Waals surface area contributed by atoms with Crippen LogP contribution in [0.4, 0.5) is 0 Å². The predicted octanol–water partition coefficient (Wildman–Crippen LogP) is 3.60. The van der Waals surface area contributed by atoms with E-state index in [2.05, 4.69) is 13.8 Å². The van der Waals surface area contributed by atoms with E-state index in [1.807, 2.05) is 6.92 Å². The molecule has 0 aromatic rings. The first-order chi connectivity index (χ1) is 16.2. The number of carbonyl (C=O) groups excluding carboxylic acids is 2. The van der Waals surface area contributed by atoms with Gasteiger partial charge in [-0.1, -0.05) is 20.3 Å². The fourth-order valence-electron chi connectivity index (χ4n) is 8.07. The Balaban J connectivity index is 1.50. The molecule has 3 saturated heterocycles. The molecule has 8 heteroatoms. The van der Waals surface area contributed by atoms with Gasteiger partial charge in [-0.15, -0.1) is 0 Å². The molecule has 0 N–H and O–H groups in total. The first-order valence-corrected chi connectivity index (χ1v) is 13.0. The first kappa shape index (κ1) is 24.5. The largest absolute Gasteiger partial charge is 0.465 e. The van der Waals surface area contributed by atoms with Gasteiger partial charge in [-0.05, 0) is 44.4 Å². The van der Waals surface area contributed by atoms with E-state index in [1.54, 1.807) is 0 Å². The number of epoxide rings is 1. The maximum absolute atomic E-state index is 12.2. The molecule has 2 aliphatic carbocycles. The Kier molecular flexibility index (Phi) is 6.27. The Bertz CT molecular complexity index is 797. The monoisotopic (exact) mass is 480 g/mol. The zero-order chi connectivity index (χ0) is 24.3. The minimum Gasteiger partial charge on any atom is -0.465 e. The van der Waals surface area contributed by atoms with Crippen LogP contribution < -0.4 is 0 Å². The van der Waals surface area contributed by atoms with Crippen molar-refractivity contribution < 1.29 is 38.0 Å². The van der Waals surface area contributed by atoms with Gasteiger partial charge in [-0.2, -0.15) is 0 Å². The summed E-state index contributed by atoms with van der Waals surface area (Å²) in [7, 11) is 0. The van der Waals surface area contributed by atoms with Crippen LogP contribution in [0.5, 0.6) is 0 Å². The van der Waals surface area contributed by atoms with Gasteiger partial charge in [-0.25, -0.2) is 0 Å². The van der Waals surface area contributed by atoms with Crippen molar-refractivity contribution in [2.75, 3.05) is 19.8 Å². The third-order valence-electron chi connectivity index (χ3n) is 9.84. The number of rotatable bonds is 6. The van der Waals surface area contributed by atoms with Crippen LogP contribution in [0.3, 0.4) is 0 Å². The molecule has 2 saturated carbocycles. The molecule has 5 aliphatic rings. The van der Waals surface area contributed by atoms with Crippen LogP contribution in [0.15, 0.2) is 0 Å². The molecule has 34 heavy (non-hydrogen) atoms. The summed E-state index contributed by atoms with van der Waals surface area (Å²) in [6.45, 7) is 10.9. The van der Waals surface area contributed by atoms with Crippen molar-refractivity contribution in [2.45, 2.75) is 104 Å². The Morgan fingerprint density at radius 1 is 1.09 bits per heavy atom. The number of fused-ring (bicyclic) bond motifs is 3. The summed E-state index contributed by atoms with van der Waals surface area (Å²) in [4.78, 5) is 24.2. The summed E-state index contributed by atoms with van der Waals surface area (Å²) >= 11 is 0. The molecule has 0 radical (unpaired) electrons. The molecule has 5 rings (SSSR count). The maximum Gasteiger partial charge on any atom is 0.302 e. The summed E-state index contributed by atoms with van der Waals surface area (Å²) in [5.74, 6) is 0.0563. The molecule has 192 valence electrons. The summed E-state index contributed by atoms with van der Waals surface area (Å²) in [5.41, 5.74) is -1.21. The quantitative estimate of drug-likeness (QED) is 0.421. The van der Waals surface area contributed by atoms with Crippen LogP contribution in [0.1, 0.15) is 73.1 Å². The number of esters is 2. The fraction of sp³-hybridized carbons (Fsp3) is 0.923. The van der Waals surface area contributed by atoms with Gasteiger partial charge < -0.3 is 28.4 Å². The smallest absolute Gasteiger partial charge is 0.302 e. The van der Waals surface area contributed by atoms with Crippen LogP contribution >= 0.6 is 0 Å². The van der Waals surface area contributed by atoms with E-state index in [0.717, 1.165) is 32.1 Å². The normalized spacial score (nSPS) is 49.4. The average molecular weight is 481 g/mol. The molecule has 3 aliphatic heterocycles. The van der Waals surface area contributed by atoms with Crippen molar-refractivity contribution in [1.82, 2.24) is 0 Å². The minimum absolute atomic E-state index is 0.00829. The molecule has 0 amide bonds. The van der Waals surface area contributed by atoms with Crippen LogP contribution in [0.2, 0.25) is 0 Å². The zero-order valence-corrected chi connectivity index (χ0v) is 21.2. The number of hydrogen-bond donors (Lipinski definition) is 0. The lowest BCUT2D eigenvalue weighted by Gasteiger charge is -2.64. The van der Waals surface area contributed by atoms with Crippen molar-refractivity contribution in [2.24, 2.45) is 28.6 Å². The summed E-state index contributed by atoms with van der Waals surface area (Å²) in [6, 6.07) is 0. The van der Waals surface area contributed by atoms with Gasteiger partial charge >= 0.3 is 11.9 Å². The topological polar surface area (TPSA) is 92.8 Å². The molecule has 5 fully saturated rings. The highest BCUT2D eigenvalue weighted by Gasteiger charge is 2.76. The molecule has 0 aromatic carbocycles. The second-order valence-corrected chi connectivity index (χ2v) is 11.4. The van der Waals surface area contributed by atoms with Gasteiger partial charge in [-0.3, -0.25) is 9.59 Å². The van der Waals surface area contributed by atoms with Crippen LogP contribution in [0, 0.1) is 28.6 Å². The molecular weight excluding hydrogens is 440 g/mol. The molecule has 0 bridgehead atoms. The third kappa shape index (κ3) is 3.62. The van der Waals surface area contributed by atoms with Crippen molar-refractivity contribution in [1.29, 1.82) is 0 Å². The van der Waals surface area contributed by atoms with Crippen molar-refractivity contribution in [3.05, 3.63) is 0 Å². The molecule has 3 heterocycles. The van der Waals surface area contributed by atoms with Gasteiger partial charge in [0.05, 0.1) is 18.1 Å². The Labute approximate surface area is 202 Å². The molecule has 0 unspecified atom stereocenters. The Morgan fingerprint density at radius 3 is 2.47 bits per heavy atom. The maximum atomic E-state index is 12.2. The highest BCUT2D eigenvalue weighted by molar-refractivity contribution is 5.67. The molecule has 8 nitrogen and oxygen atoms in total. The summed E-state index contributed by atoms with van der Waals surface area (Å²) in [6.07, 6.45) is 4.56. The Morgan fingerprint density at radius 2 is 1.85 bits per heavy atom. The van der Waals surface area contributed by atoms with Crippen LogP contribution in [-0.4, -0.2) is 62.1 Å². The lowest BCUT2D eigenvalue weighted by Crippen LogP contribution is -2.69. The fourth-order valence-corrected chi connectivity index (χ4v) is 8.07. The van der Waals surface area contributed by atoms with E-state index in [0.29, 0.717) is 25.6 Å². The summed E-state index contributed by atoms with van der Waals surface area (Å²) in [5, 5.41) is 0. The average Bonchev–Trinajstić information content (AvgIpc) is 3.27. The van der Waals surface area contributed by atoms with E-state index in [1.165, 1.54) is 13.8 Å². The second kappa shape index (κ2) is 8.71. The van der Waals surface area contributed by atoms with E-state index in [-0.39, 0.29) is 60.6 Å². The second-order valence-electron chi connectivity index (χ2n) is 11.4. The van der Waals surface area contributed by atoms with Gasteiger partial charge in [0.2, 0.25) is 0 Å². The van der Waals surface area contributed by atoms with Crippen molar-refractivity contribution >= 4 is 11.9 Å². The van der Waals surface area contributed by atoms with E-state index >= 15 is 0 Å². The minimum atomic E-state index is -0.584. The number of ether oxygens (including phenoxy) is 6. The first-order valence-electron chi connectivity index (χ1n) is 13.0. The standard InChI is InChI=1S/C26H40O8/c1-6-29-22-12-18-11-20(33-23(18)34-22)24(5)15(2)10-21(32-17(4)28)26(14-30-16(3)27)19(24)8-7-9-25(26)13-31-25/h15,18-23H,6-14H2,1-5H3/t15-,18+,19-,20+,21+,22+,23-,24+,25+,26+/m1/s1. The van der Waals surface area contributed by atoms with Crippen LogP contribution in [-0.2, 0) is 38.0 Å². The van der Waals surface area contributed by atoms with Gasteiger partial charge in [0, 0.05) is 38.2 Å². The third-order valence-corrected chi connectivity index (χ3v) is 9.84. The van der Waals surface area contributed by atoms with Gasteiger partial charge in [0.25, 0.3) is 0 Å². The zero-order valence-electron chi connectivity index (χ0n) is 21.2. The predicted molar refractivity (Wildman–Crippen MR) is 120 cm³/mol. The van der Waals surface area contributed by atoms with E-state index < -0.39 is 11.0 Å². The van der Waals surface area contributed by atoms with E-state index in [4.69, 9.17) is 28.4 Å². The van der Waals surface area contributed by atoms with Crippen molar-refractivity contribution in [3.8, 4) is 0 Å². The lowest BCUT2D eigenvalue weighted by atomic mass is 9.42. The van der Waals surface area contributed by atoms with Gasteiger partial charge in [0.1, 0.15) is 18.3 Å². The SMILES string of the molecule is CCO[C@@H]1C[C@@H]2C[C@@H]([C@@]3(C)[C@H](C)C[C@H](OC(C)=O)[C@]4(COC(C)=O)[C@@H]3CCC[C@]43CO3)O[C@@H]2O1. The molecular formula is C26H40O8. The van der Waals surface area contributed by atoms with Crippen LogP contribution in [0.25, 0.3) is 0 Å². The number of carbonyl (C=O) groups is 2. The van der Waals surface area contributed by atoms with Gasteiger partial charge in [0.15, 0.2) is 12.6 Å². The molecule has 0 aromatic heterocycles. The van der Waals surface area contributed by atoms with Crippen molar-refractivity contribution in [3.63, 3.8) is 0 Å². The number of hydrogen-bond acceptors (Lipinski definition) is 8. The molecule has 1 spiro atoms. The highest BCUT2D eigenvalue weighted by atomic mass is 16.8.